The quantitative estimate of drug-likeness (QED) is 0.228. The Hall–Kier alpha value is -4.66. The van der Waals surface area contributed by atoms with Crippen molar-refractivity contribution in [1.29, 1.82) is 0 Å². The number of rotatable bonds is 6. The molecule has 0 aliphatic carbocycles. The number of hydrogen-bond acceptors (Lipinski definition) is 7. The number of anilines is 1. The molecule has 1 aliphatic rings. The maximum atomic E-state index is 14.1. The van der Waals surface area contributed by atoms with Gasteiger partial charge in [-0.05, 0) is 61.0 Å². The zero-order chi connectivity index (χ0) is 26.0. The van der Waals surface area contributed by atoms with Crippen LogP contribution in [0, 0.1) is 5.82 Å². The van der Waals surface area contributed by atoms with Gasteiger partial charge in [-0.1, -0.05) is 18.2 Å². The van der Waals surface area contributed by atoms with Crippen molar-refractivity contribution < 1.29 is 38.5 Å². The van der Waals surface area contributed by atoms with E-state index in [9.17, 15) is 29.0 Å². The number of methoxy groups -OCH3 is 1. The van der Waals surface area contributed by atoms with E-state index in [1.807, 2.05) is 0 Å². The van der Waals surface area contributed by atoms with Gasteiger partial charge in [-0.15, -0.1) is 0 Å². The summed E-state index contributed by atoms with van der Waals surface area (Å²) in [6.07, 6.45) is 0. The van der Waals surface area contributed by atoms with E-state index in [0.29, 0.717) is 5.56 Å². The number of phenols is 1. The third-order valence-corrected chi connectivity index (χ3v) is 5.71. The monoisotopic (exact) mass is 491 g/mol. The summed E-state index contributed by atoms with van der Waals surface area (Å²) in [5.41, 5.74) is 0.319. The summed E-state index contributed by atoms with van der Waals surface area (Å²) in [6.45, 7) is 1.81. The predicted octanol–water partition coefficient (Wildman–Crippen LogP) is 4.34. The number of aliphatic hydroxyl groups is 1. The zero-order valence-corrected chi connectivity index (χ0v) is 19.4. The number of aliphatic hydroxyl groups excluding tert-OH is 1. The van der Waals surface area contributed by atoms with Crippen LogP contribution >= 0.6 is 0 Å². The molecule has 1 amide bonds. The van der Waals surface area contributed by atoms with E-state index in [-0.39, 0.29) is 40.5 Å². The number of aromatic hydroxyl groups is 1. The first kappa shape index (κ1) is 24.5. The highest BCUT2D eigenvalue weighted by atomic mass is 19.1. The minimum atomic E-state index is -1.16. The van der Waals surface area contributed by atoms with Crippen molar-refractivity contribution in [3.63, 3.8) is 0 Å². The summed E-state index contributed by atoms with van der Waals surface area (Å²) in [7, 11) is 1.32. The van der Waals surface area contributed by atoms with Gasteiger partial charge in [-0.25, -0.2) is 9.18 Å². The SMILES string of the molecule is CCOC(=O)c1cccc(N2C(=O)C(=O)/C(=C(/O)c3cc(F)ccc3OC)C2c2ccc(O)cc2)c1. The molecule has 1 fully saturated rings. The topological polar surface area (TPSA) is 113 Å². The predicted molar refractivity (Wildman–Crippen MR) is 128 cm³/mol. The van der Waals surface area contributed by atoms with E-state index in [0.717, 1.165) is 17.0 Å². The largest absolute Gasteiger partial charge is 0.508 e. The molecule has 2 N–H and O–H groups in total. The standard InChI is InChI=1S/C27H22FNO7/c1-3-36-27(34)16-5-4-6-18(13-16)29-23(15-7-10-19(30)11-8-15)22(25(32)26(29)33)24(31)20-14-17(28)9-12-21(20)35-2/h4-14,23,30-31H,3H2,1-2H3/b24-22+. The maximum absolute atomic E-state index is 14.1. The minimum Gasteiger partial charge on any atom is -0.508 e. The van der Waals surface area contributed by atoms with Crippen molar-refractivity contribution in [2.75, 3.05) is 18.6 Å². The number of Topliss-reactive ketones (excluding diaryl/α,β-unsaturated/α-hetero) is 1. The van der Waals surface area contributed by atoms with Crippen molar-refractivity contribution in [3.05, 3.63) is 94.8 Å². The lowest BCUT2D eigenvalue weighted by atomic mass is 9.94. The second-order valence-electron chi connectivity index (χ2n) is 7.88. The average Bonchev–Trinajstić information content (AvgIpc) is 3.14. The molecule has 0 radical (unpaired) electrons. The molecule has 0 saturated carbocycles. The zero-order valence-electron chi connectivity index (χ0n) is 19.4. The number of carbonyl (C=O) groups excluding carboxylic acids is 3. The van der Waals surface area contributed by atoms with Crippen molar-refractivity contribution in [1.82, 2.24) is 0 Å². The number of amides is 1. The number of ether oxygens (including phenoxy) is 2. The van der Waals surface area contributed by atoms with Crippen LogP contribution in [0.1, 0.15) is 34.5 Å². The number of phenolic OH excluding ortho intramolecular Hbond substituents is 1. The highest BCUT2D eigenvalue weighted by molar-refractivity contribution is 6.51. The smallest absolute Gasteiger partial charge is 0.338 e. The van der Waals surface area contributed by atoms with Crippen molar-refractivity contribution in [3.8, 4) is 11.5 Å². The molecule has 0 aromatic heterocycles. The molecule has 0 bridgehead atoms. The molecule has 1 atom stereocenters. The lowest BCUT2D eigenvalue weighted by Gasteiger charge is -2.26. The van der Waals surface area contributed by atoms with Gasteiger partial charge < -0.3 is 19.7 Å². The number of carbonyl (C=O) groups is 3. The fourth-order valence-corrected chi connectivity index (χ4v) is 4.08. The van der Waals surface area contributed by atoms with Crippen LogP contribution in [0.15, 0.2) is 72.3 Å². The molecule has 1 saturated heterocycles. The number of esters is 1. The summed E-state index contributed by atoms with van der Waals surface area (Å²) in [5, 5.41) is 21.0. The number of halogens is 1. The third kappa shape index (κ3) is 4.38. The van der Waals surface area contributed by atoms with Gasteiger partial charge in [-0.3, -0.25) is 14.5 Å². The summed E-state index contributed by atoms with van der Waals surface area (Å²) in [6, 6.07) is 14.0. The first-order chi connectivity index (χ1) is 17.3. The minimum absolute atomic E-state index is 0.0493. The van der Waals surface area contributed by atoms with Gasteiger partial charge in [0, 0.05) is 5.69 Å². The molecular formula is C27H22FNO7. The molecule has 8 nitrogen and oxygen atoms in total. The van der Waals surface area contributed by atoms with Crippen LogP contribution in [0.5, 0.6) is 11.5 Å². The maximum Gasteiger partial charge on any atom is 0.338 e. The third-order valence-electron chi connectivity index (χ3n) is 5.71. The lowest BCUT2D eigenvalue weighted by molar-refractivity contribution is -0.132. The van der Waals surface area contributed by atoms with Crippen LogP contribution in [0.3, 0.4) is 0 Å². The Morgan fingerprint density at radius 3 is 2.44 bits per heavy atom. The number of nitrogens with zero attached hydrogens (tertiary/aromatic N) is 1. The average molecular weight is 491 g/mol. The van der Waals surface area contributed by atoms with E-state index >= 15 is 0 Å². The Kier molecular flexibility index (Phi) is 6.73. The molecule has 4 rings (SSSR count). The Morgan fingerprint density at radius 2 is 1.78 bits per heavy atom. The van der Waals surface area contributed by atoms with Crippen LogP contribution in [0.4, 0.5) is 10.1 Å². The van der Waals surface area contributed by atoms with Gasteiger partial charge in [0.25, 0.3) is 11.7 Å². The normalized spacial score (nSPS) is 16.8. The van der Waals surface area contributed by atoms with Crippen LogP contribution in [-0.2, 0) is 14.3 Å². The Bertz CT molecular complexity index is 1380. The van der Waals surface area contributed by atoms with Gasteiger partial charge in [0.2, 0.25) is 0 Å². The van der Waals surface area contributed by atoms with Gasteiger partial charge in [-0.2, -0.15) is 0 Å². The fraction of sp³-hybridized carbons (Fsp3) is 0.148. The fourth-order valence-electron chi connectivity index (χ4n) is 4.08. The van der Waals surface area contributed by atoms with E-state index in [2.05, 4.69) is 0 Å². The first-order valence-electron chi connectivity index (χ1n) is 11.0. The molecule has 1 aliphatic heterocycles. The molecule has 0 spiro atoms. The highest BCUT2D eigenvalue weighted by Gasteiger charge is 2.47. The summed E-state index contributed by atoms with van der Waals surface area (Å²) < 4.78 is 24.3. The summed E-state index contributed by atoms with van der Waals surface area (Å²) in [4.78, 5) is 40.0. The molecule has 36 heavy (non-hydrogen) atoms. The van der Waals surface area contributed by atoms with E-state index < -0.39 is 35.3 Å². The molecule has 3 aromatic rings. The molecule has 184 valence electrons. The van der Waals surface area contributed by atoms with Crippen LogP contribution in [0.2, 0.25) is 0 Å². The number of benzene rings is 3. The van der Waals surface area contributed by atoms with Crippen molar-refractivity contribution >= 4 is 29.1 Å². The molecule has 9 heteroatoms. The molecule has 1 unspecified atom stereocenters. The number of hydrogen-bond donors (Lipinski definition) is 2. The Morgan fingerprint density at radius 1 is 1.06 bits per heavy atom. The van der Waals surface area contributed by atoms with E-state index in [1.54, 1.807) is 6.92 Å². The van der Waals surface area contributed by atoms with Gasteiger partial charge >= 0.3 is 5.97 Å². The second kappa shape index (κ2) is 9.91. The van der Waals surface area contributed by atoms with Crippen LogP contribution in [-0.4, -0.2) is 41.6 Å². The van der Waals surface area contributed by atoms with Gasteiger partial charge in [0.05, 0.1) is 36.5 Å². The van der Waals surface area contributed by atoms with Gasteiger partial charge in [0.1, 0.15) is 23.1 Å². The summed E-state index contributed by atoms with van der Waals surface area (Å²) >= 11 is 0. The lowest BCUT2D eigenvalue weighted by Crippen LogP contribution is -2.29. The first-order valence-corrected chi connectivity index (χ1v) is 11.0. The van der Waals surface area contributed by atoms with E-state index in [4.69, 9.17) is 9.47 Å². The second-order valence-corrected chi connectivity index (χ2v) is 7.88. The van der Waals surface area contributed by atoms with E-state index in [1.165, 1.54) is 61.7 Å². The van der Waals surface area contributed by atoms with Crippen molar-refractivity contribution in [2.45, 2.75) is 13.0 Å². The Labute approximate surface area is 205 Å². The van der Waals surface area contributed by atoms with Gasteiger partial charge in [0.15, 0.2) is 0 Å². The highest BCUT2D eigenvalue weighted by Crippen LogP contribution is 2.43. The molecule has 3 aromatic carbocycles. The Balaban J connectivity index is 1.95. The molecular weight excluding hydrogens is 469 g/mol. The molecule has 1 heterocycles. The summed E-state index contributed by atoms with van der Waals surface area (Å²) in [5.74, 6) is -3.87. The van der Waals surface area contributed by atoms with Crippen LogP contribution < -0.4 is 9.64 Å². The number of ketones is 1. The van der Waals surface area contributed by atoms with Crippen molar-refractivity contribution in [2.24, 2.45) is 0 Å². The van der Waals surface area contributed by atoms with Crippen LogP contribution in [0.25, 0.3) is 5.76 Å².